The zero-order valence-corrected chi connectivity index (χ0v) is 17.7. The van der Waals surface area contributed by atoms with Gasteiger partial charge in [-0.05, 0) is 5.20 Å². The molecule has 0 heterocycles. The van der Waals surface area contributed by atoms with E-state index in [0.29, 0.717) is 0 Å². The number of hydrogen-bond acceptors (Lipinski definition) is 0. The minimum absolute atomic E-state index is 1.19. The van der Waals surface area contributed by atoms with Gasteiger partial charge in [-0.2, -0.15) is 0 Å². The molecule has 0 rings (SSSR count). The van der Waals surface area contributed by atoms with Crippen molar-refractivity contribution in [1.29, 1.82) is 0 Å². The van der Waals surface area contributed by atoms with E-state index in [1.54, 1.807) is 5.20 Å². The number of allylic oxidation sites excluding steroid dienone is 1. The van der Waals surface area contributed by atoms with Gasteiger partial charge in [0.2, 0.25) is 0 Å². The molecule has 0 atom stereocenters. The molecule has 110 valence electrons. The van der Waals surface area contributed by atoms with Crippen LogP contribution in [0.2, 0.25) is 57.4 Å². The largest absolute Gasteiger partial charge is 0.129 e. The Bertz CT molecular complexity index is 357. The molecule has 0 aliphatic rings. The van der Waals surface area contributed by atoms with Crippen LogP contribution in [-0.4, -0.2) is 24.2 Å². The van der Waals surface area contributed by atoms with Crippen molar-refractivity contribution in [2.45, 2.75) is 78.2 Å². The Labute approximate surface area is 125 Å². The van der Waals surface area contributed by atoms with E-state index in [-0.39, 0.29) is 0 Å². The van der Waals surface area contributed by atoms with E-state index in [0.717, 1.165) is 0 Å². The molecule has 3 heteroatoms. The van der Waals surface area contributed by atoms with Crippen LogP contribution < -0.4 is 0 Å². The first-order chi connectivity index (χ1) is 8.49. The second-order valence-corrected chi connectivity index (χ2v) is 22.8. The molecule has 0 amide bonds. The third-order valence-electron chi connectivity index (χ3n) is 3.75. The van der Waals surface area contributed by atoms with Crippen LogP contribution in [0.25, 0.3) is 0 Å². The summed E-state index contributed by atoms with van der Waals surface area (Å²) in [5.41, 5.74) is 6.24. The Morgan fingerprint density at radius 1 is 0.842 bits per heavy atom. The van der Waals surface area contributed by atoms with E-state index in [2.05, 4.69) is 77.2 Å². The molecule has 0 unspecified atom stereocenters. The molecule has 0 aliphatic carbocycles. The van der Waals surface area contributed by atoms with Crippen LogP contribution in [0.3, 0.4) is 0 Å². The lowest BCUT2D eigenvalue weighted by molar-refractivity contribution is 1.18. The van der Waals surface area contributed by atoms with Crippen molar-refractivity contribution in [3.8, 4) is 11.5 Å². The fourth-order valence-electron chi connectivity index (χ4n) is 2.33. The lowest BCUT2D eigenvalue weighted by Crippen LogP contribution is -2.36. The summed E-state index contributed by atoms with van der Waals surface area (Å²) < 4.78 is 0. The Morgan fingerprint density at radius 2 is 1.26 bits per heavy atom. The summed E-state index contributed by atoms with van der Waals surface area (Å²) >= 11 is 0. The van der Waals surface area contributed by atoms with Gasteiger partial charge in [-0.25, -0.2) is 0 Å². The highest BCUT2D eigenvalue weighted by atomic mass is 28.3. The summed E-state index contributed by atoms with van der Waals surface area (Å²) in [7, 11) is -3.78. The van der Waals surface area contributed by atoms with E-state index in [9.17, 15) is 0 Å². The minimum Gasteiger partial charge on any atom is -0.127 e. The Morgan fingerprint density at radius 3 is 1.53 bits per heavy atom. The van der Waals surface area contributed by atoms with E-state index >= 15 is 0 Å². The van der Waals surface area contributed by atoms with Crippen LogP contribution in [0.15, 0.2) is 10.9 Å². The molecule has 0 nitrogen and oxygen atoms in total. The standard InChI is InChI=1S/C16H34Si3/c1-10-19(11-2,12-3)16(15-18(7,8)9)13-14-17(4,5)6/h15H,10-12H2,1-9H3/b16-15-. The van der Waals surface area contributed by atoms with Gasteiger partial charge in [-0.1, -0.05) is 89.8 Å². The van der Waals surface area contributed by atoms with Crippen LogP contribution in [0.4, 0.5) is 0 Å². The number of hydrogen-bond donors (Lipinski definition) is 0. The van der Waals surface area contributed by atoms with Crippen LogP contribution in [0, 0.1) is 11.5 Å². The normalized spacial score (nSPS) is 14.1. The molecule has 0 aromatic rings. The Balaban J connectivity index is 5.78. The fourth-order valence-corrected chi connectivity index (χ4v) is 9.40. The van der Waals surface area contributed by atoms with Crippen LogP contribution in [0.1, 0.15) is 20.8 Å². The van der Waals surface area contributed by atoms with E-state index in [1.165, 1.54) is 18.1 Å². The molecule has 0 fully saturated rings. The van der Waals surface area contributed by atoms with Gasteiger partial charge in [0.05, 0.1) is 16.1 Å². The second kappa shape index (κ2) is 7.10. The summed E-state index contributed by atoms with van der Waals surface area (Å²) in [5.74, 6) is 3.68. The van der Waals surface area contributed by atoms with Gasteiger partial charge in [-0.15, -0.1) is 5.54 Å². The van der Waals surface area contributed by atoms with Crippen molar-refractivity contribution in [3.05, 3.63) is 10.9 Å². The molecule has 0 aromatic carbocycles. The summed E-state index contributed by atoms with van der Waals surface area (Å²) in [6.45, 7) is 21.5. The summed E-state index contributed by atoms with van der Waals surface area (Å²) in [6.07, 6.45) is 0. The molecule has 0 saturated carbocycles. The molecular weight excluding hydrogens is 276 g/mol. The summed E-state index contributed by atoms with van der Waals surface area (Å²) in [6, 6.07) is 4.03. The molecule has 19 heavy (non-hydrogen) atoms. The van der Waals surface area contributed by atoms with Crippen molar-refractivity contribution in [2.24, 2.45) is 0 Å². The highest BCUT2D eigenvalue weighted by molar-refractivity contribution is 6.91. The monoisotopic (exact) mass is 310 g/mol. The van der Waals surface area contributed by atoms with Crippen molar-refractivity contribution < 1.29 is 0 Å². The summed E-state index contributed by atoms with van der Waals surface area (Å²) in [5, 5.41) is 1.58. The lowest BCUT2D eigenvalue weighted by atomic mass is 10.6. The molecule has 0 spiro atoms. The smallest absolute Gasteiger partial charge is 0.127 e. The number of rotatable bonds is 5. The highest BCUT2D eigenvalue weighted by Gasteiger charge is 2.32. The van der Waals surface area contributed by atoms with Crippen LogP contribution in [0.5, 0.6) is 0 Å². The molecule has 0 radical (unpaired) electrons. The first kappa shape index (κ1) is 19.0. The van der Waals surface area contributed by atoms with Crippen molar-refractivity contribution in [3.63, 3.8) is 0 Å². The first-order valence-electron chi connectivity index (χ1n) is 7.76. The zero-order valence-electron chi connectivity index (χ0n) is 14.7. The van der Waals surface area contributed by atoms with Crippen LogP contribution >= 0.6 is 0 Å². The van der Waals surface area contributed by atoms with Crippen molar-refractivity contribution >= 4 is 24.2 Å². The molecular formula is C16H34Si3. The van der Waals surface area contributed by atoms with Gasteiger partial charge in [0.15, 0.2) is 0 Å². The molecule has 0 aliphatic heterocycles. The summed E-state index contributed by atoms with van der Waals surface area (Å²) in [4.78, 5) is 0. The maximum atomic E-state index is 3.68. The average Bonchev–Trinajstić information content (AvgIpc) is 2.26. The highest BCUT2D eigenvalue weighted by Crippen LogP contribution is 2.29. The lowest BCUT2D eigenvalue weighted by Gasteiger charge is -2.30. The minimum atomic E-state index is -1.31. The SMILES string of the molecule is CC[Si](CC)(CC)/C(C#C[Si](C)(C)C)=C\[Si](C)(C)C. The quantitative estimate of drug-likeness (QED) is 0.450. The molecule has 0 saturated heterocycles. The molecule has 0 aromatic heterocycles. The fraction of sp³-hybridized carbons (Fsp3) is 0.750. The van der Waals surface area contributed by atoms with Gasteiger partial charge in [0.1, 0.15) is 8.07 Å². The molecule has 0 bridgehead atoms. The van der Waals surface area contributed by atoms with Crippen molar-refractivity contribution in [2.75, 3.05) is 0 Å². The zero-order chi connectivity index (χ0) is 15.3. The van der Waals surface area contributed by atoms with Gasteiger partial charge < -0.3 is 0 Å². The van der Waals surface area contributed by atoms with E-state index in [4.69, 9.17) is 0 Å². The third kappa shape index (κ3) is 6.78. The van der Waals surface area contributed by atoms with E-state index in [1.807, 2.05) is 0 Å². The predicted octanol–water partition coefficient (Wildman–Crippen LogP) is 5.72. The van der Waals surface area contributed by atoms with Gasteiger partial charge >= 0.3 is 0 Å². The Kier molecular flexibility index (Phi) is 7.08. The van der Waals surface area contributed by atoms with Crippen LogP contribution in [-0.2, 0) is 0 Å². The van der Waals surface area contributed by atoms with E-state index < -0.39 is 24.2 Å². The van der Waals surface area contributed by atoms with Crippen molar-refractivity contribution in [1.82, 2.24) is 0 Å². The van der Waals surface area contributed by atoms with Gasteiger partial charge in [-0.3, -0.25) is 0 Å². The molecule has 0 N–H and O–H groups in total. The predicted molar refractivity (Wildman–Crippen MR) is 99.7 cm³/mol. The second-order valence-electron chi connectivity index (χ2n) is 7.77. The van der Waals surface area contributed by atoms with Gasteiger partial charge in [0, 0.05) is 0 Å². The van der Waals surface area contributed by atoms with Gasteiger partial charge in [0.25, 0.3) is 0 Å². The maximum absolute atomic E-state index is 3.68. The first-order valence-corrected chi connectivity index (χ1v) is 17.5. The third-order valence-corrected chi connectivity index (χ3v) is 11.5. The maximum Gasteiger partial charge on any atom is 0.129 e. The topological polar surface area (TPSA) is 0 Å². The average molecular weight is 311 g/mol. The Hall–Kier alpha value is -0.0494.